The topological polar surface area (TPSA) is 26.3 Å². The Kier molecular flexibility index (Phi) is 4.74. The minimum Gasteiger partial charge on any atom is -0.452 e. The molecular formula is C16H15BrO2. The fourth-order valence-electron chi connectivity index (χ4n) is 1.79. The van der Waals surface area contributed by atoms with Gasteiger partial charge in [0.05, 0.1) is 0 Å². The van der Waals surface area contributed by atoms with Crippen LogP contribution in [0.25, 0.3) is 0 Å². The monoisotopic (exact) mass is 318 g/mol. The van der Waals surface area contributed by atoms with Gasteiger partial charge in [0.1, 0.15) is 4.83 Å². The lowest BCUT2D eigenvalue weighted by molar-refractivity contribution is -0.146. The van der Waals surface area contributed by atoms with E-state index >= 15 is 0 Å². The molecule has 0 bridgehead atoms. The number of carbonyl (C=O) groups excluding carboxylic acids is 1. The predicted molar refractivity (Wildman–Crippen MR) is 79.2 cm³/mol. The number of rotatable bonds is 4. The van der Waals surface area contributed by atoms with Crippen LogP contribution >= 0.6 is 15.9 Å². The first-order chi connectivity index (χ1) is 9.18. The maximum atomic E-state index is 11.8. The molecule has 0 fully saturated rings. The molecule has 0 unspecified atom stereocenters. The zero-order chi connectivity index (χ0) is 13.7. The SMILES string of the molecule is C[C@@H](Br)C(=O)OC(c1ccccc1)c1ccccc1. The van der Waals surface area contributed by atoms with E-state index in [0.717, 1.165) is 11.1 Å². The molecule has 0 aromatic heterocycles. The fourth-order valence-corrected chi connectivity index (χ4v) is 1.90. The second-order valence-corrected chi connectivity index (χ2v) is 5.63. The molecule has 0 heterocycles. The van der Waals surface area contributed by atoms with Crippen LogP contribution in [-0.2, 0) is 9.53 Å². The number of halogens is 1. The molecule has 19 heavy (non-hydrogen) atoms. The Hall–Kier alpha value is -1.61. The van der Waals surface area contributed by atoms with Crippen molar-refractivity contribution >= 4 is 21.9 Å². The smallest absolute Gasteiger partial charge is 0.320 e. The summed E-state index contributed by atoms with van der Waals surface area (Å²) in [5.74, 6) is -0.266. The van der Waals surface area contributed by atoms with Crippen LogP contribution in [0.1, 0.15) is 24.2 Å². The number of ether oxygens (including phenoxy) is 1. The van der Waals surface area contributed by atoms with Gasteiger partial charge in [0, 0.05) is 0 Å². The Morgan fingerprint density at radius 1 is 0.947 bits per heavy atom. The van der Waals surface area contributed by atoms with Gasteiger partial charge in [-0.05, 0) is 18.1 Å². The normalized spacial score (nSPS) is 12.2. The lowest BCUT2D eigenvalue weighted by Gasteiger charge is -2.19. The molecule has 0 saturated heterocycles. The van der Waals surface area contributed by atoms with E-state index in [2.05, 4.69) is 15.9 Å². The molecule has 0 spiro atoms. The Morgan fingerprint density at radius 3 is 1.74 bits per heavy atom. The van der Waals surface area contributed by atoms with Gasteiger partial charge in [-0.25, -0.2) is 0 Å². The fraction of sp³-hybridized carbons (Fsp3) is 0.188. The van der Waals surface area contributed by atoms with E-state index in [4.69, 9.17) is 4.74 Å². The van der Waals surface area contributed by atoms with Gasteiger partial charge >= 0.3 is 5.97 Å². The van der Waals surface area contributed by atoms with Gasteiger partial charge in [0.25, 0.3) is 0 Å². The van der Waals surface area contributed by atoms with Crippen molar-refractivity contribution in [3.05, 3.63) is 71.8 Å². The number of hydrogen-bond acceptors (Lipinski definition) is 2. The third kappa shape index (κ3) is 3.67. The van der Waals surface area contributed by atoms with Crippen LogP contribution < -0.4 is 0 Å². The molecule has 0 aliphatic carbocycles. The van der Waals surface area contributed by atoms with Crippen molar-refractivity contribution in [2.24, 2.45) is 0 Å². The predicted octanol–water partition coefficient (Wildman–Crippen LogP) is 4.10. The average molecular weight is 319 g/mol. The highest BCUT2D eigenvalue weighted by molar-refractivity contribution is 9.10. The summed E-state index contributed by atoms with van der Waals surface area (Å²) in [6.45, 7) is 1.76. The molecule has 2 nitrogen and oxygen atoms in total. The van der Waals surface area contributed by atoms with Crippen molar-refractivity contribution < 1.29 is 9.53 Å². The van der Waals surface area contributed by atoms with Gasteiger partial charge in [-0.15, -0.1) is 0 Å². The molecule has 2 aromatic carbocycles. The summed E-state index contributed by atoms with van der Waals surface area (Å²) in [6, 6.07) is 19.5. The van der Waals surface area contributed by atoms with E-state index in [1.807, 2.05) is 60.7 Å². The summed E-state index contributed by atoms with van der Waals surface area (Å²) in [5.41, 5.74) is 1.94. The highest BCUT2D eigenvalue weighted by atomic mass is 79.9. The first-order valence-electron chi connectivity index (χ1n) is 6.13. The van der Waals surface area contributed by atoms with Crippen molar-refractivity contribution in [1.82, 2.24) is 0 Å². The summed E-state index contributed by atoms with van der Waals surface area (Å²) in [5, 5.41) is 0. The average Bonchev–Trinajstić information content (AvgIpc) is 2.46. The van der Waals surface area contributed by atoms with Crippen LogP contribution in [0.15, 0.2) is 60.7 Å². The zero-order valence-corrected chi connectivity index (χ0v) is 12.2. The molecule has 0 saturated carbocycles. The van der Waals surface area contributed by atoms with E-state index < -0.39 is 0 Å². The molecule has 2 aromatic rings. The van der Waals surface area contributed by atoms with Gasteiger partial charge < -0.3 is 4.74 Å². The summed E-state index contributed by atoms with van der Waals surface area (Å²) in [6.07, 6.45) is -0.366. The maximum Gasteiger partial charge on any atom is 0.320 e. The van der Waals surface area contributed by atoms with E-state index in [1.165, 1.54) is 0 Å². The standard InChI is InChI=1S/C16H15BrO2/c1-12(17)16(18)19-15(13-8-4-2-5-9-13)14-10-6-3-7-11-14/h2-12,15H,1H3/t12-/m1/s1. The Labute approximate surface area is 121 Å². The van der Waals surface area contributed by atoms with Crippen LogP contribution in [0.3, 0.4) is 0 Å². The van der Waals surface area contributed by atoms with Gasteiger partial charge in [0.2, 0.25) is 0 Å². The molecule has 2 rings (SSSR count). The highest BCUT2D eigenvalue weighted by Crippen LogP contribution is 2.26. The first kappa shape index (κ1) is 13.8. The van der Waals surface area contributed by atoms with Crippen LogP contribution in [0.5, 0.6) is 0 Å². The first-order valence-corrected chi connectivity index (χ1v) is 7.04. The number of esters is 1. The van der Waals surface area contributed by atoms with Gasteiger partial charge in [-0.2, -0.15) is 0 Å². The summed E-state index contributed by atoms with van der Waals surface area (Å²) < 4.78 is 5.60. The van der Waals surface area contributed by atoms with Gasteiger partial charge in [-0.1, -0.05) is 76.6 Å². The molecule has 1 atom stereocenters. The molecule has 0 radical (unpaired) electrons. The molecule has 3 heteroatoms. The summed E-state index contributed by atoms with van der Waals surface area (Å²) in [4.78, 5) is 11.5. The highest BCUT2D eigenvalue weighted by Gasteiger charge is 2.20. The number of alkyl halides is 1. The quantitative estimate of drug-likeness (QED) is 0.626. The van der Waals surface area contributed by atoms with Crippen molar-refractivity contribution in [3.63, 3.8) is 0 Å². The third-order valence-electron chi connectivity index (χ3n) is 2.76. The molecule has 0 aliphatic rings. The van der Waals surface area contributed by atoms with Crippen molar-refractivity contribution in [3.8, 4) is 0 Å². The second kappa shape index (κ2) is 6.53. The minimum atomic E-state index is -0.366. The van der Waals surface area contributed by atoms with E-state index in [1.54, 1.807) is 6.92 Å². The lowest BCUT2D eigenvalue weighted by atomic mass is 10.0. The van der Waals surface area contributed by atoms with Gasteiger partial charge in [-0.3, -0.25) is 4.79 Å². The number of benzene rings is 2. The van der Waals surface area contributed by atoms with E-state index in [-0.39, 0.29) is 16.9 Å². The van der Waals surface area contributed by atoms with Crippen LogP contribution in [0.2, 0.25) is 0 Å². The molecule has 0 amide bonds. The molecular weight excluding hydrogens is 304 g/mol. The summed E-state index contributed by atoms with van der Waals surface area (Å²) in [7, 11) is 0. The van der Waals surface area contributed by atoms with Crippen LogP contribution in [0.4, 0.5) is 0 Å². The van der Waals surface area contributed by atoms with Crippen molar-refractivity contribution in [1.29, 1.82) is 0 Å². The van der Waals surface area contributed by atoms with Crippen molar-refractivity contribution in [2.75, 3.05) is 0 Å². The molecule has 98 valence electrons. The minimum absolute atomic E-state index is 0.266. The van der Waals surface area contributed by atoms with Crippen molar-refractivity contribution in [2.45, 2.75) is 17.9 Å². The van der Waals surface area contributed by atoms with E-state index in [0.29, 0.717) is 0 Å². The Balaban J connectivity index is 2.32. The van der Waals surface area contributed by atoms with Crippen LogP contribution in [0, 0.1) is 0 Å². The number of hydrogen-bond donors (Lipinski definition) is 0. The lowest BCUT2D eigenvalue weighted by Crippen LogP contribution is -2.18. The maximum absolute atomic E-state index is 11.8. The zero-order valence-electron chi connectivity index (χ0n) is 10.6. The Bertz CT molecular complexity index is 483. The second-order valence-electron chi connectivity index (χ2n) is 4.25. The van der Waals surface area contributed by atoms with Gasteiger partial charge in [0.15, 0.2) is 6.10 Å². The van der Waals surface area contributed by atoms with E-state index in [9.17, 15) is 4.79 Å². The molecule has 0 aliphatic heterocycles. The largest absolute Gasteiger partial charge is 0.452 e. The number of carbonyl (C=O) groups is 1. The Morgan fingerprint density at radius 2 is 1.37 bits per heavy atom. The third-order valence-corrected chi connectivity index (χ3v) is 3.14. The molecule has 0 N–H and O–H groups in total. The van der Waals surface area contributed by atoms with Crippen LogP contribution in [-0.4, -0.2) is 10.8 Å². The summed E-state index contributed by atoms with van der Waals surface area (Å²) >= 11 is 3.24.